The molecule has 0 atom stereocenters. The number of rotatable bonds is 6. The van der Waals surface area contributed by atoms with Gasteiger partial charge in [0.2, 0.25) is 5.91 Å². The third-order valence-corrected chi connectivity index (χ3v) is 6.00. The summed E-state index contributed by atoms with van der Waals surface area (Å²) in [5.74, 6) is 0.947. The van der Waals surface area contributed by atoms with Crippen molar-refractivity contribution in [2.45, 2.75) is 24.9 Å². The van der Waals surface area contributed by atoms with Crippen molar-refractivity contribution in [3.05, 3.63) is 47.8 Å². The van der Waals surface area contributed by atoms with E-state index in [4.69, 9.17) is 0 Å². The Bertz CT molecular complexity index is 797. The molecule has 6 nitrogen and oxygen atoms in total. The van der Waals surface area contributed by atoms with E-state index in [1.165, 1.54) is 0 Å². The van der Waals surface area contributed by atoms with Crippen LogP contribution in [-0.2, 0) is 11.8 Å². The molecule has 0 aliphatic carbocycles. The Morgan fingerprint density at radius 3 is 2.67 bits per heavy atom. The first kappa shape index (κ1) is 19.5. The lowest BCUT2D eigenvalue weighted by molar-refractivity contribution is -0.126. The molecular weight excluding hydrogens is 360 g/mol. The summed E-state index contributed by atoms with van der Waals surface area (Å²) in [6.45, 7) is 3.84. The average Bonchev–Trinajstić information content (AvgIpc) is 3.10. The van der Waals surface area contributed by atoms with E-state index in [9.17, 15) is 9.59 Å². The number of thioether (sulfide) groups is 1. The molecule has 0 radical (unpaired) electrons. The van der Waals surface area contributed by atoms with Crippen LogP contribution in [0.25, 0.3) is 0 Å². The molecule has 0 bridgehead atoms. The number of nitrogens with zero attached hydrogens (tertiary/aromatic N) is 3. The first-order valence-corrected chi connectivity index (χ1v) is 10.3. The molecule has 0 unspecified atom stereocenters. The van der Waals surface area contributed by atoms with Gasteiger partial charge in [-0.2, -0.15) is 0 Å². The van der Waals surface area contributed by atoms with Crippen molar-refractivity contribution in [3.63, 3.8) is 0 Å². The van der Waals surface area contributed by atoms with Gasteiger partial charge in [0.15, 0.2) is 5.16 Å². The normalized spacial score (nSPS) is 15.0. The van der Waals surface area contributed by atoms with E-state index >= 15 is 0 Å². The number of likely N-dealkylation sites (tertiary alicyclic amines) is 1. The van der Waals surface area contributed by atoms with E-state index in [-0.39, 0.29) is 17.7 Å². The summed E-state index contributed by atoms with van der Waals surface area (Å²) < 4.78 is 1.97. The molecule has 144 valence electrons. The predicted octanol–water partition coefficient (Wildman–Crippen LogP) is 2.49. The SMILES string of the molecule is Cc1ccccc1C(=O)N1CCC(C(=O)NCCSc2nccn2C)CC1. The minimum atomic E-state index is -0.0101. The van der Waals surface area contributed by atoms with Gasteiger partial charge in [0, 0.05) is 56.3 Å². The average molecular weight is 387 g/mol. The highest BCUT2D eigenvalue weighted by molar-refractivity contribution is 7.99. The van der Waals surface area contributed by atoms with Crippen molar-refractivity contribution in [1.82, 2.24) is 19.8 Å². The molecule has 1 fully saturated rings. The van der Waals surface area contributed by atoms with Crippen LogP contribution < -0.4 is 5.32 Å². The number of hydrogen-bond donors (Lipinski definition) is 1. The number of piperidine rings is 1. The lowest BCUT2D eigenvalue weighted by Crippen LogP contribution is -2.43. The fraction of sp³-hybridized carbons (Fsp3) is 0.450. The van der Waals surface area contributed by atoms with E-state index in [0.717, 1.165) is 34.9 Å². The number of amides is 2. The molecule has 3 rings (SSSR count). The van der Waals surface area contributed by atoms with Crippen molar-refractivity contribution < 1.29 is 9.59 Å². The molecule has 2 aromatic rings. The standard InChI is InChI=1S/C20H26N4O2S/c1-15-5-3-4-6-17(15)19(26)24-11-7-16(8-12-24)18(25)21-10-14-27-20-22-9-13-23(20)2/h3-6,9,13,16H,7-8,10-12,14H2,1-2H3,(H,21,25). The maximum Gasteiger partial charge on any atom is 0.254 e. The molecule has 1 aliphatic heterocycles. The second kappa shape index (κ2) is 9.08. The molecule has 0 spiro atoms. The topological polar surface area (TPSA) is 67.2 Å². The third-order valence-electron chi connectivity index (χ3n) is 4.94. The van der Waals surface area contributed by atoms with Crippen LogP contribution in [0.1, 0.15) is 28.8 Å². The van der Waals surface area contributed by atoms with Crippen LogP contribution in [0.5, 0.6) is 0 Å². The van der Waals surface area contributed by atoms with Crippen molar-refractivity contribution >= 4 is 23.6 Å². The van der Waals surface area contributed by atoms with Crippen LogP contribution in [0.15, 0.2) is 41.8 Å². The van der Waals surface area contributed by atoms with Gasteiger partial charge >= 0.3 is 0 Å². The summed E-state index contributed by atoms with van der Waals surface area (Å²) >= 11 is 1.63. The van der Waals surface area contributed by atoms with Crippen LogP contribution in [0.3, 0.4) is 0 Å². The number of nitrogens with one attached hydrogen (secondary N) is 1. The number of carbonyl (C=O) groups excluding carboxylic acids is 2. The van der Waals surface area contributed by atoms with Gasteiger partial charge in [-0.3, -0.25) is 9.59 Å². The Labute approximate surface area is 164 Å². The lowest BCUT2D eigenvalue weighted by Gasteiger charge is -2.31. The van der Waals surface area contributed by atoms with Crippen molar-refractivity contribution in [1.29, 1.82) is 0 Å². The zero-order valence-corrected chi connectivity index (χ0v) is 16.7. The molecule has 2 heterocycles. The molecule has 7 heteroatoms. The Morgan fingerprint density at radius 2 is 2.00 bits per heavy atom. The smallest absolute Gasteiger partial charge is 0.254 e. The predicted molar refractivity (Wildman–Crippen MR) is 107 cm³/mol. The zero-order valence-electron chi connectivity index (χ0n) is 15.9. The first-order chi connectivity index (χ1) is 13.1. The summed E-state index contributed by atoms with van der Waals surface area (Å²) in [5.41, 5.74) is 1.75. The van der Waals surface area contributed by atoms with E-state index in [0.29, 0.717) is 19.6 Å². The molecule has 1 aromatic carbocycles. The summed E-state index contributed by atoms with van der Waals surface area (Å²) in [6, 6.07) is 7.66. The fourth-order valence-corrected chi connectivity index (χ4v) is 4.07. The highest BCUT2D eigenvalue weighted by Crippen LogP contribution is 2.20. The van der Waals surface area contributed by atoms with Crippen LogP contribution in [-0.4, -0.2) is 51.7 Å². The van der Waals surface area contributed by atoms with E-state index < -0.39 is 0 Å². The van der Waals surface area contributed by atoms with Crippen molar-refractivity contribution in [2.24, 2.45) is 13.0 Å². The Morgan fingerprint density at radius 1 is 1.26 bits per heavy atom. The van der Waals surface area contributed by atoms with Gasteiger partial charge < -0.3 is 14.8 Å². The van der Waals surface area contributed by atoms with Gasteiger partial charge in [-0.25, -0.2) is 4.98 Å². The van der Waals surface area contributed by atoms with Crippen molar-refractivity contribution in [2.75, 3.05) is 25.4 Å². The number of carbonyl (C=O) groups is 2. The van der Waals surface area contributed by atoms with Gasteiger partial charge in [-0.05, 0) is 31.4 Å². The minimum Gasteiger partial charge on any atom is -0.355 e. The second-order valence-electron chi connectivity index (χ2n) is 6.84. The summed E-state index contributed by atoms with van der Waals surface area (Å²) in [4.78, 5) is 31.2. The first-order valence-electron chi connectivity index (χ1n) is 9.29. The molecular formula is C20H26N4O2S. The fourth-order valence-electron chi connectivity index (χ4n) is 3.28. The van der Waals surface area contributed by atoms with E-state index in [2.05, 4.69) is 10.3 Å². The highest BCUT2D eigenvalue weighted by atomic mass is 32.2. The number of imidazole rings is 1. The summed E-state index contributed by atoms with van der Waals surface area (Å²) in [5, 5.41) is 3.97. The Balaban J connectivity index is 1.41. The molecule has 1 saturated heterocycles. The Hall–Kier alpha value is -2.28. The van der Waals surface area contributed by atoms with Crippen LogP contribution >= 0.6 is 11.8 Å². The Kier molecular flexibility index (Phi) is 6.55. The van der Waals surface area contributed by atoms with Crippen molar-refractivity contribution in [3.8, 4) is 0 Å². The molecule has 2 amide bonds. The third kappa shape index (κ3) is 4.91. The molecule has 1 N–H and O–H groups in total. The second-order valence-corrected chi connectivity index (χ2v) is 7.90. The zero-order chi connectivity index (χ0) is 19.2. The lowest BCUT2D eigenvalue weighted by atomic mass is 9.95. The number of aryl methyl sites for hydroxylation is 2. The van der Waals surface area contributed by atoms with Crippen LogP contribution in [0, 0.1) is 12.8 Å². The van der Waals surface area contributed by atoms with Crippen LogP contribution in [0.4, 0.5) is 0 Å². The monoisotopic (exact) mass is 386 g/mol. The van der Waals surface area contributed by atoms with Gasteiger partial charge in [0.25, 0.3) is 5.91 Å². The molecule has 1 aromatic heterocycles. The van der Waals surface area contributed by atoms with Gasteiger partial charge in [-0.1, -0.05) is 30.0 Å². The number of hydrogen-bond acceptors (Lipinski definition) is 4. The maximum absolute atomic E-state index is 12.7. The van der Waals surface area contributed by atoms with E-state index in [1.54, 1.807) is 18.0 Å². The molecule has 0 saturated carbocycles. The molecule has 1 aliphatic rings. The quantitative estimate of drug-likeness (QED) is 0.612. The molecule has 27 heavy (non-hydrogen) atoms. The maximum atomic E-state index is 12.7. The largest absolute Gasteiger partial charge is 0.355 e. The highest BCUT2D eigenvalue weighted by Gasteiger charge is 2.28. The van der Waals surface area contributed by atoms with Gasteiger partial charge in [0.1, 0.15) is 0 Å². The number of aromatic nitrogens is 2. The van der Waals surface area contributed by atoms with Gasteiger partial charge in [-0.15, -0.1) is 0 Å². The number of benzene rings is 1. The van der Waals surface area contributed by atoms with Crippen LogP contribution in [0.2, 0.25) is 0 Å². The minimum absolute atomic E-state index is 0.0101. The summed E-state index contributed by atoms with van der Waals surface area (Å²) in [6.07, 6.45) is 5.12. The summed E-state index contributed by atoms with van der Waals surface area (Å²) in [7, 11) is 1.96. The van der Waals surface area contributed by atoms with Gasteiger partial charge in [0.05, 0.1) is 0 Å². The van der Waals surface area contributed by atoms with E-state index in [1.807, 2.05) is 53.9 Å².